The standard InChI is InChI=1S/C26H32N6O3/c1-18-17-24(22-5-3-4-6-23(22)28-18)31-25(33)27-13-16-32-14-11-20(12-15-32)30-26(34)29-19-7-9-21(35-2)10-8-19/h3-10,17,20H,11-16H2,1-2H3,(H2,29,30,34)(H2,27,28,31,33). The van der Waals surface area contributed by atoms with E-state index in [1.54, 1.807) is 7.11 Å². The third-order valence-electron chi connectivity index (χ3n) is 6.08. The molecule has 4 amide bonds. The number of amides is 4. The van der Waals surface area contributed by atoms with Crippen LogP contribution in [0.15, 0.2) is 54.6 Å². The predicted octanol–water partition coefficient (Wildman–Crippen LogP) is 3.96. The van der Waals surface area contributed by atoms with E-state index < -0.39 is 0 Å². The van der Waals surface area contributed by atoms with Gasteiger partial charge in [0.05, 0.1) is 18.3 Å². The molecule has 9 heteroatoms. The van der Waals surface area contributed by atoms with Gasteiger partial charge in [-0.1, -0.05) is 18.2 Å². The van der Waals surface area contributed by atoms with Gasteiger partial charge in [-0.05, 0) is 56.2 Å². The number of nitrogens with one attached hydrogen (secondary N) is 4. The molecule has 0 radical (unpaired) electrons. The van der Waals surface area contributed by atoms with Crippen molar-refractivity contribution in [3.63, 3.8) is 0 Å². The number of piperidine rings is 1. The van der Waals surface area contributed by atoms with Crippen LogP contribution in [-0.2, 0) is 0 Å². The van der Waals surface area contributed by atoms with Gasteiger partial charge in [0.2, 0.25) is 0 Å². The van der Waals surface area contributed by atoms with Gasteiger partial charge in [-0.15, -0.1) is 0 Å². The van der Waals surface area contributed by atoms with Crippen molar-refractivity contribution in [2.45, 2.75) is 25.8 Å². The lowest BCUT2D eigenvalue weighted by molar-refractivity contribution is 0.196. The minimum Gasteiger partial charge on any atom is -0.497 e. The molecule has 0 unspecified atom stereocenters. The summed E-state index contributed by atoms with van der Waals surface area (Å²) in [5.41, 5.74) is 3.19. The zero-order valence-corrected chi connectivity index (χ0v) is 20.1. The minimum absolute atomic E-state index is 0.129. The third kappa shape index (κ3) is 6.83. The summed E-state index contributed by atoms with van der Waals surface area (Å²) >= 11 is 0. The summed E-state index contributed by atoms with van der Waals surface area (Å²) < 4.78 is 5.13. The molecule has 0 atom stereocenters. The van der Waals surface area contributed by atoms with Crippen LogP contribution in [0, 0.1) is 6.92 Å². The number of carbonyl (C=O) groups excluding carboxylic acids is 2. The highest BCUT2D eigenvalue weighted by atomic mass is 16.5. The first kappa shape index (κ1) is 24.3. The van der Waals surface area contributed by atoms with Crippen molar-refractivity contribution in [1.82, 2.24) is 20.5 Å². The van der Waals surface area contributed by atoms with E-state index in [0.717, 1.165) is 66.2 Å². The fraction of sp³-hybridized carbons (Fsp3) is 0.346. The van der Waals surface area contributed by atoms with Gasteiger partial charge in [-0.3, -0.25) is 4.98 Å². The number of ether oxygens (including phenoxy) is 1. The van der Waals surface area contributed by atoms with Crippen LogP contribution in [0.1, 0.15) is 18.5 Å². The summed E-state index contributed by atoms with van der Waals surface area (Å²) in [5, 5.41) is 12.7. The molecule has 0 aliphatic carbocycles. The van der Waals surface area contributed by atoms with Crippen LogP contribution in [0.4, 0.5) is 21.0 Å². The summed E-state index contributed by atoms with van der Waals surface area (Å²) in [7, 11) is 1.61. The topological polar surface area (TPSA) is 108 Å². The average molecular weight is 477 g/mol. The first-order valence-electron chi connectivity index (χ1n) is 11.9. The monoisotopic (exact) mass is 476 g/mol. The number of rotatable bonds is 7. The van der Waals surface area contributed by atoms with Gasteiger partial charge in [0, 0.05) is 49.0 Å². The van der Waals surface area contributed by atoms with Crippen molar-refractivity contribution in [3.8, 4) is 5.75 Å². The van der Waals surface area contributed by atoms with Crippen molar-refractivity contribution in [2.24, 2.45) is 0 Å². The number of anilines is 2. The second-order valence-electron chi connectivity index (χ2n) is 8.65. The highest BCUT2D eigenvalue weighted by Crippen LogP contribution is 2.22. The predicted molar refractivity (Wildman–Crippen MR) is 138 cm³/mol. The van der Waals surface area contributed by atoms with E-state index in [1.807, 2.05) is 61.5 Å². The van der Waals surface area contributed by atoms with Crippen LogP contribution < -0.4 is 26.0 Å². The number of hydrogen-bond acceptors (Lipinski definition) is 5. The number of aryl methyl sites for hydroxylation is 1. The number of benzene rings is 2. The normalized spacial score (nSPS) is 14.3. The van der Waals surface area contributed by atoms with Crippen molar-refractivity contribution in [2.75, 3.05) is 43.9 Å². The van der Waals surface area contributed by atoms with E-state index in [2.05, 4.69) is 31.2 Å². The Morgan fingerprint density at radius 1 is 1.03 bits per heavy atom. The molecule has 2 aromatic carbocycles. The van der Waals surface area contributed by atoms with Gasteiger partial charge in [0.25, 0.3) is 0 Å². The Bertz CT molecular complexity index is 1160. The van der Waals surface area contributed by atoms with Crippen molar-refractivity contribution in [1.29, 1.82) is 0 Å². The number of methoxy groups -OCH3 is 1. The number of para-hydroxylation sites is 1. The van der Waals surface area contributed by atoms with E-state index in [1.165, 1.54) is 0 Å². The fourth-order valence-electron chi connectivity index (χ4n) is 4.23. The van der Waals surface area contributed by atoms with Crippen LogP contribution in [0.5, 0.6) is 5.75 Å². The van der Waals surface area contributed by atoms with Gasteiger partial charge >= 0.3 is 12.1 Å². The lowest BCUT2D eigenvalue weighted by Crippen LogP contribution is -2.47. The third-order valence-corrected chi connectivity index (χ3v) is 6.08. The second-order valence-corrected chi connectivity index (χ2v) is 8.65. The lowest BCUT2D eigenvalue weighted by atomic mass is 10.1. The largest absolute Gasteiger partial charge is 0.497 e. The molecule has 1 fully saturated rings. The van der Waals surface area contributed by atoms with E-state index in [4.69, 9.17) is 4.74 Å². The first-order chi connectivity index (χ1) is 17.0. The molecular formula is C26H32N6O3. The summed E-state index contributed by atoms with van der Waals surface area (Å²) in [6, 6.07) is 16.6. The molecule has 1 saturated heterocycles. The molecule has 0 bridgehead atoms. The van der Waals surface area contributed by atoms with Crippen LogP contribution in [0.25, 0.3) is 10.9 Å². The fourth-order valence-corrected chi connectivity index (χ4v) is 4.23. The Kier molecular flexibility index (Phi) is 7.99. The van der Waals surface area contributed by atoms with E-state index in [0.29, 0.717) is 6.54 Å². The summed E-state index contributed by atoms with van der Waals surface area (Å²) in [5.74, 6) is 0.747. The summed E-state index contributed by atoms with van der Waals surface area (Å²) in [4.78, 5) is 31.5. The number of nitrogens with zero attached hydrogens (tertiary/aromatic N) is 2. The van der Waals surface area contributed by atoms with Crippen LogP contribution in [0.3, 0.4) is 0 Å². The average Bonchev–Trinajstić information content (AvgIpc) is 2.85. The highest BCUT2D eigenvalue weighted by molar-refractivity contribution is 6.00. The second kappa shape index (κ2) is 11.5. The molecule has 4 N–H and O–H groups in total. The molecule has 4 rings (SSSR count). The van der Waals surface area contributed by atoms with E-state index >= 15 is 0 Å². The van der Waals surface area contributed by atoms with Gasteiger partial charge in [-0.25, -0.2) is 9.59 Å². The highest BCUT2D eigenvalue weighted by Gasteiger charge is 2.20. The Labute approximate surface area is 205 Å². The van der Waals surface area contributed by atoms with E-state index in [9.17, 15) is 9.59 Å². The van der Waals surface area contributed by atoms with Crippen LogP contribution in [-0.4, -0.2) is 61.3 Å². The Morgan fingerprint density at radius 3 is 2.51 bits per heavy atom. The number of aromatic nitrogens is 1. The number of carbonyl (C=O) groups is 2. The molecular weight excluding hydrogens is 444 g/mol. The minimum atomic E-state index is -0.229. The molecule has 0 spiro atoms. The van der Waals surface area contributed by atoms with Crippen molar-refractivity contribution >= 4 is 34.3 Å². The Balaban J connectivity index is 1.15. The van der Waals surface area contributed by atoms with Gasteiger partial charge in [0.1, 0.15) is 5.75 Å². The van der Waals surface area contributed by atoms with Crippen molar-refractivity contribution < 1.29 is 14.3 Å². The summed E-state index contributed by atoms with van der Waals surface area (Å²) in [6.45, 7) is 4.95. The number of hydrogen-bond donors (Lipinski definition) is 4. The van der Waals surface area contributed by atoms with Crippen molar-refractivity contribution in [3.05, 3.63) is 60.3 Å². The van der Waals surface area contributed by atoms with Crippen LogP contribution in [0.2, 0.25) is 0 Å². The molecule has 9 nitrogen and oxygen atoms in total. The quantitative estimate of drug-likeness (QED) is 0.413. The number of pyridine rings is 1. The molecule has 1 aromatic heterocycles. The van der Waals surface area contributed by atoms with Gasteiger partial charge in [0.15, 0.2) is 0 Å². The zero-order chi connectivity index (χ0) is 24.6. The maximum absolute atomic E-state index is 12.4. The zero-order valence-electron chi connectivity index (χ0n) is 20.1. The molecule has 1 aliphatic heterocycles. The molecule has 3 aromatic rings. The SMILES string of the molecule is COc1ccc(NC(=O)NC2CCN(CCNC(=O)Nc3cc(C)nc4ccccc34)CC2)cc1. The molecule has 2 heterocycles. The summed E-state index contributed by atoms with van der Waals surface area (Å²) in [6.07, 6.45) is 1.73. The van der Waals surface area contributed by atoms with Gasteiger partial charge in [-0.2, -0.15) is 0 Å². The number of fused-ring (bicyclic) bond motifs is 1. The number of urea groups is 2. The first-order valence-corrected chi connectivity index (χ1v) is 11.9. The molecule has 184 valence electrons. The van der Waals surface area contributed by atoms with Crippen LogP contribution >= 0.6 is 0 Å². The Hall–Kier alpha value is -3.85. The maximum atomic E-state index is 12.4. The smallest absolute Gasteiger partial charge is 0.319 e. The maximum Gasteiger partial charge on any atom is 0.319 e. The molecule has 0 saturated carbocycles. The lowest BCUT2D eigenvalue weighted by Gasteiger charge is -2.32. The van der Waals surface area contributed by atoms with Gasteiger partial charge < -0.3 is 30.9 Å². The van der Waals surface area contributed by atoms with E-state index in [-0.39, 0.29) is 18.1 Å². The Morgan fingerprint density at radius 2 is 1.77 bits per heavy atom. The number of likely N-dealkylation sites (tertiary alicyclic amines) is 1. The molecule has 35 heavy (non-hydrogen) atoms. The molecule has 1 aliphatic rings.